The van der Waals surface area contributed by atoms with E-state index in [1.165, 1.54) is 43.6 Å². The van der Waals surface area contributed by atoms with Gasteiger partial charge in [-0.2, -0.15) is 0 Å². The second-order valence-electron chi connectivity index (χ2n) is 6.73. The summed E-state index contributed by atoms with van der Waals surface area (Å²) < 4.78 is 0. The van der Waals surface area contributed by atoms with Crippen LogP contribution in [-0.2, 0) is 6.54 Å². The van der Waals surface area contributed by atoms with Crippen LogP contribution in [0.25, 0.3) is 0 Å². The SMILES string of the molecule is CCNCC1(CN(C)Cc2cccs2)CCCC(C)C1. The molecule has 20 heavy (non-hydrogen) atoms. The molecule has 2 unspecified atom stereocenters. The minimum Gasteiger partial charge on any atom is -0.316 e. The van der Waals surface area contributed by atoms with Gasteiger partial charge in [-0.25, -0.2) is 0 Å². The standard InChI is InChI=1S/C17H30N2S/c1-4-18-13-17(9-5-7-15(2)11-17)14-19(3)12-16-8-6-10-20-16/h6,8,10,15,18H,4-5,7,9,11-14H2,1-3H3. The van der Waals surface area contributed by atoms with Gasteiger partial charge in [0.15, 0.2) is 0 Å². The monoisotopic (exact) mass is 294 g/mol. The fourth-order valence-corrected chi connectivity index (χ4v) is 4.60. The molecule has 2 rings (SSSR count). The fourth-order valence-electron chi connectivity index (χ4n) is 3.82. The first kappa shape index (κ1) is 16.0. The van der Waals surface area contributed by atoms with Gasteiger partial charge >= 0.3 is 0 Å². The molecule has 0 spiro atoms. The van der Waals surface area contributed by atoms with Crippen LogP contribution in [0.15, 0.2) is 17.5 Å². The molecule has 0 bridgehead atoms. The molecule has 1 aliphatic rings. The normalized spacial score (nSPS) is 27.1. The third kappa shape index (κ3) is 4.57. The molecule has 1 aliphatic carbocycles. The zero-order valence-electron chi connectivity index (χ0n) is 13.3. The van der Waals surface area contributed by atoms with Crippen molar-refractivity contribution < 1.29 is 0 Å². The van der Waals surface area contributed by atoms with E-state index in [0.717, 1.165) is 19.0 Å². The van der Waals surface area contributed by atoms with E-state index in [-0.39, 0.29) is 0 Å². The van der Waals surface area contributed by atoms with Crippen molar-refractivity contribution in [1.82, 2.24) is 10.2 Å². The molecule has 0 radical (unpaired) electrons. The van der Waals surface area contributed by atoms with E-state index in [1.807, 2.05) is 11.3 Å². The topological polar surface area (TPSA) is 15.3 Å². The van der Waals surface area contributed by atoms with Crippen molar-refractivity contribution in [2.45, 2.75) is 46.1 Å². The second kappa shape index (κ2) is 7.58. The van der Waals surface area contributed by atoms with E-state index in [0.29, 0.717) is 5.41 Å². The Morgan fingerprint density at radius 2 is 2.35 bits per heavy atom. The molecule has 0 aromatic carbocycles. The van der Waals surface area contributed by atoms with Crippen LogP contribution in [0.3, 0.4) is 0 Å². The maximum atomic E-state index is 3.62. The largest absolute Gasteiger partial charge is 0.316 e. The van der Waals surface area contributed by atoms with Gasteiger partial charge in [0.05, 0.1) is 0 Å². The Balaban J connectivity index is 1.95. The first-order valence-corrected chi connectivity index (χ1v) is 8.93. The van der Waals surface area contributed by atoms with E-state index in [2.05, 4.69) is 48.6 Å². The van der Waals surface area contributed by atoms with Gasteiger partial charge in [0.25, 0.3) is 0 Å². The summed E-state index contributed by atoms with van der Waals surface area (Å²) in [6.45, 7) is 9.24. The molecule has 114 valence electrons. The van der Waals surface area contributed by atoms with Gasteiger partial charge in [0.2, 0.25) is 0 Å². The maximum Gasteiger partial charge on any atom is 0.0325 e. The number of hydrogen-bond acceptors (Lipinski definition) is 3. The lowest BCUT2D eigenvalue weighted by Gasteiger charge is -2.42. The average Bonchev–Trinajstić information content (AvgIpc) is 2.89. The lowest BCUT2D eigenvalue weighted by molar-refractivity contribution is 0.0899. The molecular formula is C17H30N2S. The molecule has 0 saturated heterocycles. The summed E-state index contributed by atoms with van der Waals surface area (Å²) in [5.41, 5.74) is 0.486. The Bertz CT molecular complexity index is 376. The summed E-state index contributed by atoms with van der Waals surface area (Å²) in [5.74, 6) is 0.887. The molecule has 3 heteroatoms. The Morgan fingerprint density at radius 3 is 3.00 bits per heavy atom. The quantitative estimate of drug-likeness (QED) is 0.818. The van der Waals surface area contributed by atoms with Crippen molar-refractivity contribution in [2.75, 3.05) is 26.7 Å². The van der Waals surface area contributed by atoms with Gasteiger partial charge < -0.3 is 10.2 Å². The molecule has 1 saturated carbocycles. The van der Waals surface area contributed by atoms with Crippen LogP contribution >= 0.6 is 11.3 Å². The average molecular weight is 295 g/mol. The van der Waals surface area contributed by atoms with Gasteiger partial charge in [-0.1, -0.05) is 32.8 Å². The molecule has 0 amide bonds. The lowest BCUT2D eigenvalue weighted by atomic mass is 9.69. The molecule has 1 aromatic heterocycles. The molecule has 1 heterocycles. The predicted octanol–water partition coefficient (Wildman–Crippen LogP) is 3.99. The molecule has 1 fully saturated rings. The first-order chi connectivity index (χ1) is 9.63. The molecule has 0 aliphatic heterocycles. The van der Waals surface area contributed by atoms with Crippen LogP contribution in [0.1, 0.15) is 44.4 Å². The highest BCUT2D eigenvalue weighted by Gasteiger charge is 2.35. The zero-order chi connectivity index (χ0) is 14.4. The van der Waals surface area contributed by atoms with Crippen LogP contribution in [0.2, 0.25) is 0 Å². The van der Waals surface area contributed by atoms with Crippen LogP contribution in [0.5, 0.6) is 0 Å². The molecule has 1 N–H and O–H groups in total. The van der Waals surface area contributed by atoms with E-state index < -0.39 is 0 Å². The minimum absolute atomic E-state index is 0.486. The van der Waals surface area contributed by atoms with Crippen LogP contribution in [0, 0.1) is 11.3 Å². The summed E-state index contributed by atoms with van der Waals surface area (Å²) in [4.78, 5) is 4.01. The van der Waals surface area contributed by atoms with Crippen molar-refractivity contribution in [3.8, 4) is 0 Å². The smallest absolute Gasteiger partial charge is 0.0325 e. The van der Waals surface area contributed by atoms with E-state index in [4.69, 9.17) is 0 Å². The van der Waals surface area contributed by atoms with Gasteiger partial charge in [-0.15, -0.1) is 11.3 Å². The number of thiophene rings is 1. The number of hydrogen-bond donors (Lipinski definition) is 1. The van der Waals surface area contributed by atoms with Gasteiger partial charge in [0, 0.05) is 24.5 Å². The highest BCUT2D eigenvalue weighted by molar-refractivity contribution is 7.09. The Morgan fingerprint density at radius 1 is 1.50 bits per heavy atom. The van der Waals surface area contributed by atoms with E-state index in [9.17, 15) is 0 Å². The van der Waals surface area contributed by atoms with Crippen LogP contribution in [0.4, 0.5) is 0 Å². The highest BCUT2D eigenvalue weighted by Crippen LogP contribution is 2.39. The maximum absolute atomic E-state index is 3.62. The third-order valence-corrected chi connectivity index (χ3v) is 5.41. The van der Waals surface area contributed by atoms with E-state index in [1.54, 1.807) is 0 Å². The summed E-state index contributed by atoms with van der Waals surface area (Å²) in [5, 5.41) is 5.80. The summed E-state index contributed by atoms with van der Waals surface area (Å²) >= 11 is 1.87. The predicted molar refractivity (Wildman–Crippen MR) is 89.3 cm³/mol. The minimum atomic E-state index is 0.486. The molecule has 1 aromatic rings. The first-order valence-electron chi connectivity index (χ1n) is 8.05. The van der Waals surface area contributed by atoms with Gasteiger partial charge in [0.1, 0.15) is 0 Å². The van der Waals surface area contributed by atoms with Crippen molar-refractivity contribution in [3.63, 3.8) is 0 Å². The number of rotatable bonds is 7. The fraction of sp³-hybridized carbons (Fsp3) is 0.765. The zero-order valence-corrected chi connectivity index (χ0v) is 14.1. The van der Waals surface area contributed by atoms with Crippen molar-refractivity contribution >= 4 is 11.3 Å². The van der Waals surface area contributed by atoms with Crippen LogP contribution < -0.4 is 5.32 Å². The van der Waals surface area contributed by atoms with Crippen molar-refractivity contribution in [3.05, 3.63) is 22.4 Å². The van der Waals surface area contributed by atoms with Gasteiger partial charge in [-0.3, -0.25) is 0 Å². The summed E-state index contributed by atoms with van der Waals surface area (Å²) in [7, 11) is 2.28. The molecule has 2 nitrogen and oxygen atoms in total. The Hall–Kier alpha value is -0.380. The Kier molecular flexibility index (Phi) is 6.06. The number of nitrogens with zero attached hydrogens (tertiary/aromatic N) is 1. The van der Waals surface area contributed by atoms with Crippen molar-refractivity contribution in [1.29, 1.82) is 0 Å². The molecule has 2 atom stereocenters. The summed E-state index contributed by atoms with van der Waals surface area (Å²) in [6.07, 6.45) is 5.59. The van der Waals surface area contributed by atoms with Crippen LogP contribution in [-0.4, -0.2) is 31.6 Å². The second-order valence-corrected chi connectivity index (χ2v) is 7.77. The highest BCUT2D eigenvalue weighted by atomic mass is 32.1. The van der Waals surface area contributed by atoms with Crippen molar-refractivity contribution in [2.24, 2.45) is 11.3 Å². The number of nitrogens with one attached hydrogen (secondary N) is 1. The molecular weight excluding hydrogens is 264 g/mol. The van der Waals surface area contributed by atoms with Gasteiger partial charge in [-0.05, 0) is 49.2 Å². The Labute approximate surface area is 128 Å². The summed E-state index contributed by atoms with van der Waals surface area (Å²) in [6, 6.07) is 4.41. The van der Waals surface area contributed by atoms with E-state index >= 15 is 0 Å². The third-order valence-electron chi connectivity index (χ3n) is 4.55. The lowest BCUT2D eigenvalue weighted by Crippen LogP contribution is -2.45.